The van der Waals surface area contributed by atoms with Crippen LogP contribution in [0.5, 0.6) is 5.75 Å². The van der Waals surface area contributed by atoms with Gasteiger partial charge in [0.25, 0.3) is 5.91 Å². The van der Waals surface area contributed by atoms with Gasteiger partial charge in [0.1, 0.15) is 12.2 Å². The molecule has 2 N–H and O–H groups in total. The van der Waals surface area contributed by atoms with Crippen LogP contribution in [0.1, 0.15) is 16.8 Å². The molecule has 1 fully saturated rings. The molecule has 114 valence electrons. The van der Waals surface area contributed by atoms with Gasteiger partial charge in [0.05, 0.1) is 17.9 Å². The van der Waals surface area contributed by atoms with E-state index in [1.807, 2.05) is 12.1 Å². The van der Waals surface area contributed by atoms with Crippen LogP contribution in [0.4, 0.5) is 5.69 Å². The van der Waals surface area contributed by atoms with Crippen molar-refractivity contribution in [2.75, 3.05) is 45.3 Å². The Bertz CT molecular complexity index is 526. The lowest BCUT2D eigenvalue weighted by molar-refractivity contribution is -0.0149. The van der Waals surface area contributed by atoms with Crippen LogP contribution in [0.3, 0.4) is 0 Å². The Labute approximate surface area is 123 Å². The number of hydrogen-bond acceptors (Lipinski definition) is 5. The highest BCUT2D eigenvalue weighted by atomic mass is 16.5. The van der Waals surface area contributed by atoms with Crippen molar-refractivity contribution in [1.29, 1.82) is 0 Å². The first-order valence-electron chi connectivity index (χ1n) is 7.15. The van der Waals surface area contributed by atoms with E-state index in [0.717, 1.165) is 18.7 Å². The summed E-state index contributed by atoms with van der Waals surface area (Å²) in [6.45, 7) is 2.92. The lowest BCUT2D eigenvalue weighted by Crippen LogP contribution is -2.45. The minimum atomic E-state index is -0.413. The van der Waals surface area contributed by atoms with Crippen LogP contribution in [0, 0.1) is 0 Å². The topological polar surface area (TPSA) is 68.8 Å². The van der Waals surface area contributed by atoms with E-state index in [0.29, 0.717) is 37.7 Å². The summed E-state index contributed by atoms with van der Waals surface area (Å²) in [5, 5.41) is 6.16. The molecule has 0 saturated carbocycles. The number of carbonyl (C=O) groups excluding carboxylic acids is 1. The minimum absolute atomic E-state index is 0.154. The molecule has 0 spiro atoms. The largest absolute Gasteiger partial charge is 0.489 e. The molecule has 3 rings (SSSR count). The lowest BCUT2D eigenvalue weighted by atomic mass is 10.0. The molecule has 6 nitrogen and oxygen atoms in total. The Morgan fingerprint density at radius 2 is 2.38 bits per heavy atom. The lowest BCUT2D eigenvalue weighted by Gasteiger charge is -2.26. The van der Waals surface area contributed by atoms with Gasteiger partial charge in [0.2, 0.25) is 0 Å². The van der Waals surface area contributed by atoms with Gasteiger partial charge < -0.3 is 24.8 Å². The Morgan fingerprint density at radius 1 is 1.48 bits per heavy atom. The monoisotopic (exact) mass is 292 g/mol. The van der Waals surface area contributed by atoms with Gasteiger partial charge >= 0.3 is 0 Å². The predicted molar refractivity (Wildman–Crippen MR) is 77.9 cm³/mol. The standard InChI is InChI=1S/C15H20N2O4/c1-19-15(5-7-20-10-15)9-17-14(18)11-3-2-4-12-13(11)21-8-6-16-12/h2-4,16H,5-10H2,1H3,(H,17,18). The van der Waals surface area contributed by atoms with Crippen molar-refractivity contribution in [3.8, 4) is 5.75 Å². The average Bonchev–Trinajstić information content (AvgIpc) is 3.01. The van der Waals surface area contributed by atoms with Crippen molar-refractivity contribution in [3.05, 3.63) is 23.8 Å². The highest BCUT2D eigenvalue weighted by molar-refractivity contribution is 5.99. The number of ether oxygens (including phenoxy) is 3. The molecule has 0 radical (unpaired) electrons. The van der Waals surface area contributed by atoms with Crippen molar-refractivity contribution >= 4 is 11.6 Å². The van der Waals surface area contributed by atoms with Gasteiger partial charge in [0, 0.05) is 33.2 Å². The Morgan fingerprint density at radius 3 is 3.14 bits per heavy atom. The molecule has 1 amide bonds. The molecule has 0 bridgehead atoms. The fraction of sp³-hybridized carbons (Fsp3) is 0.533. The number of methoxy groups -OCH3 is 1. The normalized spacial score (nSPS) is 23.9. The molecule has 6 heteroatoms. The van der Waals surface area contributed by atoms with Crippen LogP contribution in [0.25, 0.3) is 0 Å². The van der Waals surface area contributed by atoms with Gasteiger partial charge in [-0.2, -0.15) is 0 Å². The Kier molecular flexibility index (Phi) is 3.98. The second-order valence-corrected chi connectivity index (χ2v) is 5.33. The highest BCUT2D eigenvalue weighted by Gasteiger charge is 2.35. The number of anilines is 1. The zero-order valence-electron chi connectivity index (χ0n) is 12.1. The molecule has 1 aromatic rings. The minimum Gasteiger partial charge on any atom is -0.489 e. The van der Waals surface area contributed by atoms with E-state index < -0.39 is 5.60 Å². The number of carbonyl (C=O) groups is 1. The molecular formula is C15H20N2O4. The summed E-state index contributed by atoms with van der Waals surface area (Å²) >= 11 is 0. The van der Waals surface area contributed by atoms with Crippen molar-refractivity contribution in [2.45, 2.75) is 12.0 Å². The first-order valence-corrected chi connectivity index (χ1v) is 7.15. The maximum atomic E-state index is 12.4. The molecule has 1 aromatic carbocycles. The summed E-state index contributed by atoms with van der Waals surface area (Å²) < 4.78 is 16.5. The first-order chi connectivity index (χ1) is 10.2. The maximum absolute atomic E-state index is 12.4. The van der Waals surface area contributed by atoms with Crippen LogP contribution < -0.4 is 15.4 Å². The molecule has 2 heterocycles. The third-order valence-electron chi connectivity index (χ3n) is 3.99. The number of para-hydroxylation sites is 1. The summed E-state index contributed by atoms with van der Waals surface area (Å²) in [6.07, 6.45) is 0.786. The van der Waals surface area contributed by atoms with Gasteiger partial charge in [-0.25, -0.2) is 0 Å². The summed E-state index contributed by atoms with van der Waals surface area (Å²) in [5.41, 5.74) is 0.994. The molecule has 0 aromatic heterocycles. The molecule has 1 saturated heterocycles. The number of amides is 1. The van der Waals surface area contributed by atoms with Gasteiger partial charge in [-0.1, -0.05) is 6.07 Å². The Balaban J connectivity index is 1.71. The smallest absolute Gasteiger partial charge is 0.255 e. The van der Waals surface area contributed by atoms with Crippen LogP contribution in [0.2, 0.25) is 0 Å². The van der Waals surface area contributed by atoms with E-state index in [1.165, 1.54) is 0 Å². The summed E-state index contributed by atoms with van der Waals surface area (Å²) in [6, 6.07) is 5.53. The maximum Gasteiger partial charge on any atom is 0.255 e. The van der Waals surface area contributed by atoms with Crippen molar-refractivity contribution < 1.29 is 19.0 Å². The van der Waals surface area contributed by atoms with E-state index >= 15 is 0 Å². The number of benzene rings is 1. The van der Waals surface area contributed by atoms with Crippen LogP contribution in [0.15, 0.2) is 18.2 Å². The third-order valence-corrected chi connectivity index (χ3v) is 3.99. The molecule has 2 aliphatic rings. The van der Waals surface area contributed by atoms with Crippen molar-refractivity contribution in [3.63, 3.8) is 0 Å². The number of hydrogen-bond donors (Lipinski definition) is 2. The first kappa shape index (κ1) is 14.2. The Hall–Kier alpha value is -1.79. The molecular weight excluding hydrogens is 272 g/mol. The molecule has 21 heavy (non-hydrogen) atoms. The van der Waals surface area contributed by atoms with E-state index in [9.17, 15) is 4.79 Å². The van der Waals surface area contributed by atoms with E-state index in [4.69, 9.17) is 14.2 Å². The number of nitrogens with one attached hydrogen (secondary N) is 2. The zero-order valence-corrected chi connectivity index (χ0v) is 12.1. The second-order valence-electron chi connectivity index (χ2n) is 5.33. The summed E-state index contributed by atoms with van der Waals surface area (Å²) in [7, 11) is 1.65. The zero-order chi connectivity index (χ0) is 14.7. The van der Waals surface area contributed by atoms with Gasteiger partial charge in [0.15, 0.2) is 5.75 Å². The van der Waals surface area contributed by atoms with Gasteiger partial charge in [-0.3, -0.25) is 4.79 Å². The fourth-order valence-electron chi connectivity index (χ4n) is 2.65. The van der Waals surface area contributed by atoms with E-state index in [1.54, 1.807) is 13.2 Å². The fourth-order valence-corrected chi connectivity index (χ4v) is 2.65. The molecule has 2 aliphatic heterocycles. The van der Waals surface area contributed by atoms with Crippen molar-refractivity contribution in [1.82, 2.24) is 5.32 Å². The quantitative estimate of drug-likeness (QED) is 0.867. The highest BCUT2D eigenvalue weighted by Crippen LogP contribution is 2.31. The molecule has 1 unspecified atom stereocenters. The van der Waals surface area contributed by atoms with Crippen LogP contribution >= 0.6 is 0 Å². The number of rotatable bonds is 4. The van der Waals surface area contributed by atoms with E-state index in [-0.39, 0.29) is 5.91 Å². The van der Waals surface area contributed by atoms with E-state index in [2.05, 4.69) is 10.6 Å². The molecule has 1 atom stereocenters. The third kappa shape index (κ3) is 2.82. The van der Waals surface area contributed by atoms with Crippen molar-refractivity contribution in [2.24, 2.45) is 0 Å². The van der Waals surface area contributed by atoms with Gasteiger partial charge in [-0.05, 0) is 12.1 Å². The SMILES string of the molecule is COC1(CNC(=O)c2cccc3c2OCCN3)CCOC1. The summed E-state index contributed by atoms with van der Waals surface area (Å²) in [4.78, 5) is 12.4. The van der Waals surface area contributed by atoms with Crippen LogP contribution in [-0.4, -0.2) is 51.5 Å². The predicted octanol–water partition coefficient (Wildman–Crippen LogP) is 1.03. The molecule has 0 aliphatic carbocycles. The second kappa shape index (κ2) is 5.91. The van der Waals surface area contributed by atoms with Gasteiger partial charge in [-0.15, -0.1) is 0 Å². The van der Waals surface area contributed by atoms with Crippen LogP contribution in [-0.2, 0) is 9.47 Å². The summed E-state index contributed by atoms with van der Waals surface area (Å²) in [5.74, 6) is 0.467. The average molecular weight is 292 g/mol. The number of fused-ring (bicyclic) bond motifs is 1.